The zero-order valence-corrected chi connectivity index (χ0v) is 21.1. The lowest BCUT2D eigenvalue weighted by atomic mass is 9.99. The van der Waals surface area contributed by atoms with Gasteiger partial charge in [0.15, 0.2) is 5.96 Å². The van der Waals surface area contributed by atoms with E-state index in [0.717, 1.165) is 68.9 Å². The molecule has 1 heterocycles. The molecule has 0 aromatic heterocycles. The monoisotopic (exact) mass is 533 g/mol. The van der Waals surface area contributed by atoms with E-state index in [1.54, 1.807) is 0 Å². The van der Waals surface area contributed by atoms with Crippen molar-refractivity contribution in [2.45, 2.75) is 50.8 Å². The molecule has 2 N–H and O–H groups in total. The second-order valence-electron chi connectivity index (χ2n) is 7.91. The van der Waals surface area contributed by atoms with Gasteiger partial charge in [-0.1, -0.05) is 12.1 Å². The van der Waals surface area contributed by atoms with Gasteiger partial charge in [-0.3, -0.25) is 0 Å². The minimum Gasteiger partial charge on any atom is -0.493 e. The highest BCUT2D eigenvalue weighted by atomic mass is 127. The number of nitrogens with zero attached hydrogens (tertiary/aromatic N) is 1. The second kappa shape index (κ2) is 12.2. The van der Waals surface area contributed by atoms with E-state index in [4.69, 9.17) is 14.5 Å². The highest BCUT2D eigenvalue weighted by Gasteiger charge is 2.31. The standard InChI is InChI=1S/C22H35N3O2S.HI/c1-4-23-21(25-16-22(28-3)9-11-26-12-10-22)24-14-19-8-5-17(2)13-20(19)27-15-18-6-7-18;/h5,8,13,18H,4,6-7,9-12,14-16H2,1-3H3,(H2,23,24,25);1H. The van der Waals surface area contributed by atoms with Gasteiger partial charge in [0.1, 0.15) is 5.75 Å². The summed E-state index contributed by atoms with van der Waals surface area (Å²) in [6.07, 6.45) is 6.97. The molecule has 1 aromatic carbocycles. The number of hydrogen-bond acceptors (Lipinski definition) is 4. The molecule has 2 aliphatic rings. The number of guanidine groups is 1. The van der Waals surface area contributed by atoms with Crippen LogP contribution in [0.25, 0.3) is 0 Å². The van der Waals surface area contributed by atoms with Gasteiger partial charge in [0.05, 0.1) is 13.2 Å². The van der Waals surface area contributed by atoms with Crippen LogP contribution in [0, 0.1) is 12.8 Å². The molecule has 0 spiro atoms. The first-order valence-electron chi connectivity index (χ1n) is 10.5. The van der Waals surface area contributed by atoms with Crippen LogP contribution in [0.3, 0.4) is 0 Å². The quantitative estimate of drug-likeness (QED) is 0.281. The van der Waals surface area contributed by atoms with Crippen molar-refractivity contribution in [1.82, 2.24) is 10.6 Å². The molecule has 1 aliphatic heterocycles. The van der Waals surface area contributed by atoms with Crippen LogP contribution >= 0.6 is 35.7 Å². The smallest absolute Gasteiger partial charge is 0.191 e. The molecule has 0 amide bonds. The van der Waals surface area contributed by atoms with Gasteiger partial charge in [-0.25, -0.2) is 4.99 Å². The van der Waals surface area contributed by atoms with Crippen molar-refractivity contribution in [3.05, 3.63) is 29.3 Å². The van der Waals surface area contributed by atoms with E-state index in [9.17, 15) is 0 Å². The summed E-state index contributed by atoms with van der Waals surface area (Å²) >= 11 is 1.94. The predicted molar refractivity (Wildman–Crippen MR) is 134 cm³/mol. The molecular formula is C22H36IN3O2S. The Bertz CT molecular complexity index is 661. The summed E-state index contributed by atoms with van der Waals surface area (Å²) in [7, 11) is 0. The molecule has 0 unspecified atom stereocenters. The van der Waals surface area contributed by atoms with Crippen molar-refractivity contribution in [3.63, 3.8) is 0 Å². The topological polar surface area (TPSA) is 54.9 Å². The van der Waals surface area contributed by atoms with E-state index in [0.29, 0.717) is 6.54 Å². The van der Waals surface area contributed by atoms with E-state index in [1.807, 2.05) is 11.8 Å². The van der Waals surface area contributed by atoms with Gasteiger partial charge in [0, 0.05) is 36.6 Å². The minimum absolute atomic E-state index is 0. The van der Waals surface area contributed by atoms with Crippen molar-refractivity contribution < 1.29 is 9.47 Å². The van der Waals surface area contributed by atoms with E-state index in [1.165, 1.54) is 18.4 Å². The lowest BCUT2D eigenvalue weighted by molar-refractivity contribution is 0.0783. The molecular weight excluding hydrogens is 497 g/mol. The van der Waals surface area contributed by atoms with E-state index in [2.05, 4.69) is 48.9 Å². The largest absolute Gasteiger partial charge is 0.493 e. The third kappa shape index (κ3) is 7.83. The Morgan fingerprint density at radius 3 is 2.69 bits per heavy atom. The number of aliphatic imine (C=N–C) groups is 1. The summed E-state index contributed by atoms with van der Waals surface area (Å²) < 4.78 is 11.9. The zero-order valence-electron chi connectivity index (χ0n) is 18.0. The van der Waals surface area contributed by atoms with Crippen LogP contribution in [0.15, 0.2) is 23.2 Å². The molecule has 5 nitrogen and oxygen atoms in total. The molecule has 0 bridgehead atoms. The van der Waals surface area contributed by atoms with Crippen molar-refractivity contribution in [2.75, 3.05) is 39.2 Å². The summed E-state index contributed by atoms with van der Waals surface area (Å²) in [5.41, 5.74) is 2.37. The molecule has 0 atom stereocenters. The first-order chi connectivity index (χ1) is 13.6. The fourth-order valence-electron chi connectivity index (χ4n) is 3.37. The SMILES string of the molecule is CCNC(=NCc1ccc(C)cc1OCC1CC1)NCC1(SC)CCOCC1.I. The van der Waals surface area contributed by atoms with Crippen LogP contribution in [0.4, 0.5) is 0 Å². The van der Waals surface area contributed by atoms with Crippen LogP contribution in [-0.4, -0.2) is 49.9 Å². The predicted octanol–water partition coefficient (Wildman–Crippen LogP) is 4.37. The van der Waals surface area contributed by atoms with E-state index < -0.39 is 0 Å². The average molecular weight is 534 g/mol. The number of thioether (sulfide) groups is 1. The minimum atomic E-state index is 0. The summed E-state index contributed by atoms with van der Waals surface area (Å²) in [5.74, 6) is 2.60. The number of ether oxygens (including phenoxy) is 2. The van der Waals surface area contributed by atoms with Crippen molar-refractivity contribution in [3.8, 4) is 5.75 Å². The highest BCUT2D eigenvalue weighted by Crippen LogP contribution is 2.33. The Kier molecular flexibility index (Phi) is 10.4. The molecule has 1 aromatic rings. The van der Waals surface area contributed by atoms with Crippen LogP contribution < -0.4 is 15.4 Å². The molecule has 0 radical (unpaired) electrons. The molecule has 7 heteroatoms. The average Bonchev–Trinajstić information content (AvgIpc) is 3.54. The fraction of sp³-hybridized carbons (Fsp3) is 0.682. The van der Waals surface area contributed by atoms with Gasteiger partial charge in [-0.05, 0) is 63.3 Å². The van der Waals surface area contributed by atoms with E-state index in [-0.39, 0.29) is 28.7 Å². The van der Waals surface area contributed by atoms with Crippen LogP contribution in [0.1, 0.15) is 43.7 Å². The third-order valence-corrected chi connectivity index (χ3v) is 6.98. The molecule has 164 valence electrons. The third-order valence-electron chi connectivity index (χ3n) is 5.56. The molecule has 2 fully saturated rings. The Hall–Kier alpha value is -0.670. The van der Waals surface area contributed by atoms with Crippen molar-refractivity contribution >= 4 is 41.7 Å². The van der Waals surface area contributed by atoms with Gasteiger partial charge in [0.25, 0.3) is 0 Å². The summed E-state index contributed by atoms with van der Waals surface area (Å²) in [4.78, 5) is 4.84. The fourth-order valence-corrected chi connectivity index (χ4v) is 4.16. The van der Waals surface area contributed by atoms with Gasteiger partial charge in [-0.15, -0.1) is 24.0 Å². The number of hydrogen-bond donors (Lipinski definition) is 2. The van der Waals surface area contributed by atoms with Gasteiger partial charge < -0.3 is 20.1 Å². The highest BCUT2D eigenvalue weighted by molar-refractivity contribution is 14.0. The van der Waals surface area contributed by atoms with Crippen molar-refractivity contribution in [1.29, 1.82) is 0 Å². The molecule has 1 aliphatic carbocycles. The van der Waals surface area contributed by atoms with Crippen LogP contribution in [0.2, 0.25) is 0 Å². The number of aryl methyl sites for hydroxylation is 1. The lowest BCUT2D eigenvalue weighted by Gasteiger charge is -2.36. The summed E-state index contributed by atoms with van der Waals surface area (Å²) in [6.45, 7) is 9.11. The number of rotatable bonds is 9. The Morgan fingerprint density at radius 1 is 1.28 bits per heavy atom. The maximum absolute atomic E-state index is 6.10. The summed E-state index contributed by atoms with van der Waals surface area (Å²) in [6, 6.07) is 6.42. The van der Waals surface area contributed by atoms with Gasteiger partial charge in [0.2, 0.25) is 0 Å². The van der Waals surface area contributed by atoms with Crippen LogP contribution in [0.5, 0.6) is 5.75 Å². The summed E-state index contributed by atoms with van der Waals surface area (Å²) in [5, 5.41) is 6.95. The maximum atomic E-state index is 6.10. The Balaban J connectivity index is 0.00000300. The second-order valence-corrected chi connectivity index (χ2v) is 9.19. The molecule has 1 saturated heterocycles. The number of halogens is 1. The Morgan fingerprint density at radius 2 is 2.03 bits per heavy atom. The first-order valence-corrected chi connectivity index (χ1v) is 11.7. The molecule has 3 rings (SSSR count). The Labute approximate surface area is 197 Å². The molecule has 29 heavy (non-hydrogen) atoms. The maximum Gasteiger partial charge on any atom is 0.191 e. The number of nitrogens with one attached hydrogen (secondary N) is 2. The van der Waals surface area contributed by atoms with Gasteiger partial charge >= 0.3 is 0 Å². The van der Waals surface area contributed by atoms with E-state index >= 15 is 0 Å². The normalized spacial score (nSPS) is 18.7. The van der Waals surface area contributed by atoms with Crippen LogP contribution in [-0.2, 0) is 11.3 Å². The van der Waals surface area contributed by atoms with Crippen molar-refractivity contribution in [2.24, 2.45) is 10.9 Å². The first kappa shape index (κ1) is 24.6. The zero-order chi connectivity index (χ0) is 19.8. The van der Waals surface area contributed by atoms with Gasteiger partial charge in [-0.2, -0.15) is 11.8 Å². The number of benzene rings is 1. The molecule has 1 saturated carbocycles. The lowest BCUT2D eigenvalue weighted by Crippen LogP contribution is -2.47.